The van der Waals surface area contributed by atoms with Gasteiger partial charge in [0.25, 0.3) is 5.69 Å². The molecule has 0 bridgehead atoms. The number of hydrogen-bond acceptors (Lipinski definition) is 4. The molecule has 0 saturated carbocycles. The van der Waals surface area contributed by atoms with E-state index in [4.69, 9.17) is 0 Å². The van der Waals surface area contributed by atoms with Gasteiger partial charge in [0.05, 0.1) is 4.92 Å². The van der Waals surface area contributed by atoms with Crippen LogP contribution in [0.15, 0.2) is 18.2 Å². The third-order valence-corrected chi connectivity index (χ3v) is 4.86. The molecule has 1 fully saturated rings. The van der Waals surface area contributed by atoms with E-state index in [1.54, 1.807) is 12.1 Å². The first kappa shape index (κ1) is 14.2. The average molecular weight is 280 g/mol. The molecule has 0 spiro atoms. The van der Waals surface area contributed by atoms with Crippen molar-refractivity contribution in [3.05, 3.63) is 33.9 Å². The number of thioether (sulfide) groups is 1. The van der Waals surface area contributed by atoms with Crippen LogP contribution in [0.5, 0.6) is 0 Å². The number of nitrogens with one attached hydrogen (secondary N) is 1. The minimum Gasteiger partial charge on any atom is -0.375 e. The second-order valence-corrected chi connectivity index (χ2v) is 6.94. The molecular formula is C14H20N2O2S. The molecule has 1 aromatic carbocycles. The van der Waals surface area contributed by atoms with Crippen LogP contribution in [0.2, 0.25) is 0 Å². The summed E-state index contributed by atoms with van der Waals surface area (Å²) >= 11 is 1.91. The van der Waals surface area contributed by atoms with Crippen LogP contribution < -0.4 is 5.32 Å². The molecule has 104 valence electrons. The lowest BCUT2D eigenvalue weighted by atomic mass is 9.82. The van der Waals surface area contributed by atoms with Gasteiger partial charge in [0, 0.05) is 17.9 Å². The first-order valence-electron chi connectivity index (χ1n) is 6.49. The third-order valence-electron chi connectivity index (χ3n) is 3.80. The summed E-state index contributed by atoms with van der Waals surface area (Å²) < 4.78 is 0. The maximum Gasteiger partial charge on any atom is 0.292 e. The van der Waals surface area contributed by atoms with E-state index in [1.807, 2.05) is 24.8 Å². The molecule has 0 aliphatic carbocycles. The lowest BCUT2D eigenvalue weighted by Gasteiger charge is -2.39. The van der Waals surface area contributed by atoms with Crippen molar-refractivity contribution in [2.24, 2.45) is 5.41 Å². The van der Waals surface area contributed by atoms with Crippen molar-refractivity contribution in [2.75, 3.05) is 16.8 Å². The molecular weight excluding hydrogens is 260 g/mol. The van der Waals surface area contributed by atoms with Crippen LogP contribution in [-0.4, -0.2) is 22.5 Å². The van der Waals surface area contributed by atoms with Crippen LogP contribution in [0.1, 0.15) is 25.8 Å². The van der Waals surface area contributed by atoms with Gasteiger partial charge in [-0.05, 0) is 36.1 Å². The van der Waals surface area contributed by atoms with Crippen LogP contribution in [0.25, 0.3) is 0 Å². The average Bonchev–Trinajstić information content (AvgIpc) is 2.31. The largest absolute Gasteiger partial charge is 0.375 e. The Labute approximate surface area is 118 Å². The quantitative estimate of drug-likeness (QED) is 0.675. The molecule has 0 aromatic heterocycles. The van der Waals surface area contributed by atoms with E-state index >= 15 is 0 Å². The number of hydrogen-bond donors (Lipinski definition) is 1. The van der Waals surface area contributed by atoms with E-state index in [9.17, 15) is 10.1 Å². The fourth-order valence-electron chi connectivity index (χ4n) is 2.29. The Morgan fingerprint density at radius 2 is 2.21 bits per heavy atom. The molecule has 1 unspecified atom stereocenters. The Bertz CT molecular complexity index is 488. The summed E-state index contributed by atoms with van der Waals surface area (Å²) in [6, 6.07) is 5.50. The van der Waals surface area contributed by atoms with Crippen LogP contribution in [-0.2, 0) is 0 Å². The van der Waals surface area contributed by atoms with E-state index < -0.39 is 0 Å². The Morgan fingerprint density at radius 3 is 2.84 bits per heavy atom. The van der Waals surface area contributed by atoms with E-state index in [0.29, 0.717) is 5.69 Å². The van der Waals surface area contributed by atoms with Crippen molar-refractivity contribution in [2.45, 2.75) is 33.2 Å². The van der Waals surface area contributed by atoms with Gasteiger partial charge >= 0.3 is 0 Å². The van der Waals surface area contributed by atoms with Crippen molar-refractivity contribution in [1.29, 1.82) is 0 Å². The van der Waals surface area contributed by atoms with Gasteiger partial charge in [0.15, 0.2) is 0 Å². The van der Waals surface area contributed by atoms with Crippen molar-refractivity contribution < 1.29 is 4.92 Å². The van der Waals surface area contributed by atoms with Gasteiger partial charge in [-0.1, -0.05) is 19.9 Å². The summed E-state index contributed by atoms with van der Waals surface area (Å²) in [6.45, 7) is 6.41. The monoisotopic (exact) mass is 280 g/mol. The summed E-state index contributed by atoms with van der Waals surface area (Å²) in [5.74, 6) is 2.17. The SMILES string of the molecule is Cc1ccc([N+](=O)[O-])c(NC2CSCCC2(C)C)c1. The van der Waals surface area contributed by atoms with Gasteiger partial charge in [-0.2, -0.15) is 11.8 Å². The topological polar surface area (TPSA) is 55.2 Å². The van der Waals surface area contributed by atoms with E-state index in [1.165, 1.54) is 5.75 Å². The zero-order valence-corrected chi connectivity index (χ0v) is 12.4. The maximum absolute atomic E-state index is 11.1. The molecule has 1 aromatic rings. The second-order valence-electron chi connectivity index (χ2n) is 5.79. The van der Waals surface area contributed by atoms with Crippen molar-refractivity contribution >= 4 is 23.1 Å². The van der Waals surface area contributed by atoms with Crippen LogP contribution >= 0.6 is 11.8 Å². The standard InChI is InChI=1S/C14H20N2O2S/c1-10-4-5-12(16(17)18)11(8-10)15-13-9-19-7-6-14(13,2)3/h4-5,8,13,15H,6-7,9H2,1-3H3. The highest BCUT2D eigenvalue weighted by molar-refractivity contribution is 7.99. The predicted octanol–water partition coefficient (Wildman–Crippen LogP) is 3.85. The van der Waals surface area contributed by atoms with Crippen LogP contribution in [0, 0.1) is 22.5 Å². The highest BCUT2D eigenvalue weighted by atomic mass is 32.2. The van der Waals surface area contributed by atoms with Crippen molar-refractivity contribution in [3.8, 4) is 0 Å². The number of rotatable bonds is 3. The maximum atomic E-state index is 11.1. The summed E-state index contributed by atoms with van der Waals surface area (Å²) in [5.41, 5.74) is 2.01. The van der Waals surface area contributed by atoms with E-state index in [-0.39, 0.29) is 22.1 Å². The van der Waals surface area contributed by atoms with Gasteiger partial charge in [-0.15, -0.1) is 0 Å². The Kier molecular flexibility index (Phi) is 4.04. The molecule has 19 heavy (non-hydrogen) atoms. The Morgan fingerprint density at radius 1 is 1.47 bits per heavy atom. The zero-order chi connectivity index (χ0) is 14.0. The zero-order valence-electron chi connectivity index (χ0n) is 11.6. The van der Waals surface area contributed by atoms with E-state index in [0.717, 1.165) is 17.7 Å². The lowest BCUT2D eigenvalue weighted by molar-refractivity contribution is -0.384. The summed E-state index contributed by atoms with van der Waals surface area (Å²) in [5, 5.41) is 14.5. The normalized spacial score (nSPS) is 21.9. The molecule has 1 aliphatic rings. The number of benzene rings is 1. The minimum absolute atomic E-state index is 0.164. The highest BCUT2D eigenvalue weighted by Crippen LogP contribution is 2.37. The van der Waals surface area contributed by atoms with Gasteiger partial charge in [0.2, 0.25) is 0 Å². The van der Waals surface area contributed by atoms with Crippen LogP contribution in [0.4, 0.5) is 11.4 Å². The number of aryl methyl sites for hydroxylation is 1. The molecule has 1 heterocycles. The number of nitro benzene ring substituents is 1. The third kappa shape index (κ3) is 3.21. The Balaban J connectivity index is 2.27. The second kappa shape index (κ2) is 5.41. The van der Waals surface area contributed by atoms with Gasteiger partial charge in [-0.25, -0.2) is 0 Å². The Hall–Kier alpha value is -1.23. The fraction of sp³-hybridized carbons (Fsp3) is 0.571. The van der Waals surface area contributed by atoms with Crippen molar-refractivity contribution in [3.63, 3.8) is 0 Å². The van der Waals surface area contributed by atoms with Gasteiger partial charge < -0.3 is 5.32 Å². The van der Waals surface area contributed by atoms with Crippen LogP contribution in [0.3, 0.4) is 0 Å². The molecule has 5 heteroatoms. The van der Waals surface area contributed by atoms with Gasteiger partial charge in [0.1, 0.15) is 5.69 Å². The summed E-state index contributed by atoms with van der Waals surface area (Å²) in [4.78, 5) is 10.8. The predicted molar refractivity (Wildman–Crippen MR) is 81.0 cm³/mol. The summed E-state index contributed by atoms with van der Waals surface area (Å²) in [7, 11) is 0. The number of nitrogens with zero attached hydrogens (tertiary/aromatic N) is 1. The molecule has 4 nitrogen and oxygen atoms in total. The molecule has 1 atom stereocenters. The first-order valence-corrected chi connectivity index (χ1v) is 7.65. The highest BCUT2D eigenvalue weighted by Gasteiger charge is 2.33. The smallest absolute Gasteiger partial charge is 0.292 e. The molecule has 0 radical (unpaired) electrons. The molecule has 2 rings (SSSR count). The number of nitro groups is 1. The first-order chi connectivity index (χ1) is 8.90. The lowest BCUT2D eigenvalue weighted by Crippen LogP contribution is -2.41. The fourth-order valence-corrected chi connectivity index (χ4v) is 3.89. The van der Waals surface area contributed by atoms with E-state index in [2.05, 4.69) is 19.2 Å². The molecule has 1 aliphatic heterocycles. The van der Waals surface area contributed by atoms with Crippen molar-refractivity contribution in [1.82, 2.24) is 0 Å². The number of anilines is 1. The molecule has 0 amide bonds. The summed E-state index contributed by atoms with van der Waals surface area (Å²) in [6.07, 6.45) is 1.13. The minimum atomic E-state index is -0.315. The molecule has 1 saturated heterocycles. The van der Waals surface area contributed by atoms with Gasteiger partial charge in [-0.3, -0.25) is 10.1 Å². The molecule has 1 N–H and O–H groups in total.